The van der Waals surface area contributed by atoms with Crippen LogP contribution in [0.4, 0.5) is 4.79 Å². The van der Waals surface area contributed by atoms with E-state index in [1.165, 1.54) is 6.42 Å². The van der Waals surface area contributed by atoms with Crippen molar-refractivity contribution in [3.63, 3.8) is 0 Å². The number of carbonyl (C=O) groups excluding carboxylic acids is 4. The van der Waals surface area contributed by atoms with E-state index in [1.807, 2.05) is 0 Å². The monoisotopic (exact) mass is 544 g/mol. The van der Waals surface area contributed by atoms with Gasteiger partial charge in [0.25, 0.3) is 0 Å². The molecular formula is C26H40N8O5. The number of amides is 3. The van der Waals surface area contributed by atoms with Crippen molar-refractivity contribution in [2.24, 2.45) is 28.1 Å². The van der Waals surface area contributed by atoms with Crippen LogP contribution < -0.4 is 33.2 Å². The number of guanidine groups is 1. The molecule has 0 heterocycles. The van der Waals surface area contributed by atoms with Crippen LogP contribution in [0.25, 0.3) is 0 Å². The van der Waals surface area contributed by atoms with Crippen molar-refractivity contribution in [3.8, 4) is 0 Å². The van der Waals surface area contributed by atoms with Gasteiger partial charge in [-0.2, -0.15) is 0 Å². The molecule has 0 bridgehead atoms. The van der Waals surface area contributed by atoms with Gasteiger partial charge in [0.05, 0.1) is 19.2 Å². The lowest BCUT2D eigenvalue weighted by molar-refractivity contribution is -0.128. The number of aliphatic imine (C=N–C) groups is 1. The summed E-state index contributed by atoms with van der Waals surface area (Å²) in [7, 11) is 0. The van der Waals surface area contributed by atoms with E-state index in [9.17, 15) is 19.2 Å². The van der Waals surface area contributed by atoms with Gasteiger partial charge in [0.2, 0.25) is 11.8 Å². The molecule has 1 aliphatic carbocycles. The van der Waals surface area contributed by atoms with Gasteiger partial charge >= 0.3 is 6.09 Å². The van der Waals surface area contributed by atoms with Crippen LogP contribution in [-0.2, 0) is 25.5 Å². The van der Waals surface area contributed by atoms with Crippen LogP contribution in [0, 0.1) is 11.3 Å². The highest BCUT2D eigenvalue weighted by Crippen LogP contribution is 2.23. The standard InChI is InChI=1S/C26H40N8O5/c27-23(28)19-9-4-8-18(12-19)13-21(34-26(38)39-16-17-6-2-1-3-7-17)24(37)32-14-22(36)33-20(15-35)10-5-11-31-25(29)30/h4,8-9,12,15,17,20-21H,1-3,5-7,10-11,13-14,16H2,(H3,27,28)(H,32,37)(H,33,36)(H,34,38)(H4,29,30,31)/t20-,21+/m0/s1. The van der Waals surface area contributed by atoms with Crippen molar-refractivity contribution in [2.75, 3.05) is 19.7 Å². The minimum Gasteiger partial charge on any atom is -0.449 e. The molecule has 1 fully saturated rings. The highest BCUT2D eigenvalue weighted by molar-refractivity contribution is 5.95. The van der Waals surface area contributed by atoms with Gasteiger partial charge in [-0.05, 0) is 43.2 Å². The molecule has 0 aromatic heterocycles. The van der Waals surface area contributed by atoms with Crippen LogP contribution in [0.3, 0.4) is 0 Å². The number of nitrogens with one attached hydrogen (secondary N) is 4. The van der Waals surface area contributed by atoms with Gasteiger partial charge in [0.1, 0.15) is 18.2 Å². The maximum atomic E-state index is 13.0. The average Bonchev–Trinajstić information content (AvgIpc) is 2.92. The molecule has 2 rings (SSSR count). The molecule has 214 valence electrons. The van der Waals surface area contributed by atoms with Crippen LogP contribution in [0.1, 0.15) is 56.1 Å². The van der Waals surface area contributed by atoms with Crippen molar-refractivity contribution in [3.05, 3.63) is 35.4 Å². The Balaban J connectivity index is 1.96. The van der Waals surface area contributed by atoms with Gasteiger partial charge in [-0.15, -0.1) is 0 Å². The number of ether oxygens (including phenoxy) is 1. The summed E-state index contributed by atoms with van der Waals surface area (Å²) in [5.41, 5.74) is 17.2. The first-order valence-corrected chi connectivity index (χ1v) is 13.1. The second kappa shape index (κ2) is 16.6. The van der Waals surface area contributed by atoms with E-state index in [0.29, 0.717) is 42.7 Å². The van der Waals surface area contributed by atoms with E-state index in [4.69, 9.17) is 27.3 Å². The predicted molar refractivity (Wildman–Crippen MR) is 147 cm³/mol. The summed E-state index contributed by atoms with van der Waals surface area (Å²) in [6, 6.07) is 4.94. The van der Waals surface area contributed by atoms with E-state index in [1.54, 1.807) is 24.3 Å². The number of aldehydes is 1. The van der Waals surface area contributed by atoms with Gasteiger partial charge in [-0.25, -0.2) is 4.79 Å². The van der Waals surface area contributed by atoms with Gasteiger partial charge in [-0.3, -0.25) is 20.0 Å². The van der Waals surface area contributed by atoms with Crippen molar-refractivity contribution in [1.82, 2.24) is 16.0 Å². The summed E-state index contributed by atoms with van der Waals surface area (Å²) in [4.78, 5) is 53.1. The Morgan fingerprint density at radius 2 is 1.87 bits per heavy atom. The summed E-state index contributed by atoms with van der Waals surface area (Å²) >= 11 is 0. The van der Waals surface area contributed by atoms with Crippen LogP contribution in [0.2, 0.25) is 0 Å². The zero-order chi connectivity index (χ0) is 28.6. The van der Waals surface area contributed by atoms with Crippen molar-refractivity contribution < 1.29 is 23.9 Å². The first-order valence-electron chi connectivity index (χ1n) is 13.1. The lowest BCUT2D eigenvalue weighted by atomic mass is 9.90. The first kappa shape index (κ1) is 31.1. The fourth-order valence-electron chi connectivity index (χ4n) is 4.28. The fraction of sp³-hybridized carbons (Fsp3) is 0.538. The van der Waals surface area contributed by atoms with Gasteiger partial charge in [0, 0.05) is 18.5 Å². The van der Waals surface area contributed by atoms with Crippen LogP contribution >= 0.6 is 0 Å². The van der Waals surface area contributed by atoms with Crippen molar-refractivity contribution in [2.45, 2.75) is 63.5 Å². The normalized spacial score (nSPS) is 14.8. The van der Waals surface area contributed by atoms with Gasteiger partial charge < -0.3 is 42.7 Å². The van der Waals surface area contributed by atoms with E-state index in [0.717, 1.165) is 25.7 Å². The molecule has 2 atom stereocenters. The Hall–Kier alpha value is -4.16. The number of hydrogen-bond donors (Lipinski definition) is 7. The highest BCUT2D eigenvalue weighted by Gasteiger charge is 2.24. The first-order chi connectivity index (χ1) is 18.7. The Bertz CT molecular complexity index is 1020. The quantitative estimate of drug-likeness (QED) is 0.0688. The Morgan fingerprint density at radius 1 is 1.13 bits per heavy atom. The minimum atomic E-state index is -1.06. The summed E-state index contributed by atoms with van der Waals surface area (Å²) in [6.07, 6.45) is 6.15. The molecule has 1 aliphatic rings. The number of amidine groups is 1. The number of nitrogens with zero attached hydrogens (tertiary/aromatic N) is 1. The zero-order valence-corrected chi connectivity index (χ0v) is 22.1. The maximum Gasteiger partial charge on any atom is 0.407 e. The largest absolute Gasteiger partial charge is 0.449 e. The number of rotatable bonds is 15. The molecule has 1 aromatic carbocycles. The van der Waals surface area contributed by atoms with Gasteiger partial charge in [-0.1, -0.05) is 37.5 Å². The van der Waals surface area contributed by atoms with E-state index in [2.05, 4.69) is 20.9 Å². The number of benzene rings is 1. The van der Waals surface area contributed by atoms with Crippen LogP contribution in [0.5, 0.6) is 0 Å². The highest BCUT2D eigenvalue weighted by atomic mass is 16.5. The fourth-order valence-corrected chi connectivity index (χ4v) is 4.28. The average molecular weight is 545 g/mol. The smallest absolute Gasteiger partial charge is 0.407 e. The molecule has 13 heteroatoms. The van der Waals surface area contributed by atoms with Crippen LogP contribution in [0.15, 0.2) is 29.3 Å². The van der Waals surface area contributed by atoms with Crippen molar-refractivity contribution >= 4 is 36.0 Å². The third kappa shape index (κ3) is 12.3. The number of nitrogen functional groups attached to an aromatic ring is 1. The molecular weight excluding hydrogens is 504 g/mol. The second-order valence-electron chi connectivity index (χ2n) is 9.59. The topological polar surface area (TPSA) is 228 Å². The lowest BCUT2D eigenvalue weighted by Crippen LogP contribution is -2.51. The van der Waals surface area contributed by atoms with Gasteiger partial charge in [0.15, 0.2) is 5.96 Å². The molecule has 39 heavy (non-hydrogen) atoms. The van der Waals surface area contributed by atoms with Crippen LogP contribution in [-0.4, -0.2) is 67.8 Å². The molecule has 0 unspecified atom stereocenters. The molecule has 0 spiro atoms. The van der Waals surface area contributed by atoms with E-state index < -0.39 is 36.5 Å². The molecule has 13 nitrogen and oxygen atoms in total. The number of nitrogens with two attached hydrogens (primary N) is 3. The summed E-state index contributed by atoms with van der Waals surface area (Å²) in [5, 5.41) is 15.3. The molecule has 1 aromatic rings. The lowest BCUT2D eigenvalue weighted by Gasteiger charge is -2.23. The second-order valence-corrected chi connectivity index (χ2v) is 9.59. The third-order valence-corrected chi connectivity index (χ3v) is 6.36. The molecule has 0 saturated heterocycles. The zero-order valence-electron chi connectivity index (χ0n) is 22.1. The van der Waals surface area contributed by atoms with Crippen molar-refractivity contribution in [1.29, 1.82) is 5.41 Å². The van der Waals surface area contributed by atoms with E-state index in [-0.39, 0.29) is 24.8 Å². The molecule has 10 N–H and O–H groups in total. The summed E-state index contributed by atoms with van der Waals surface area (Å²) in [5.74, 6) is -1.06. The Morgan fingerprint density at radius 3 is 2.54 bits per heavy atom. The predicted octanol–water partition coefficient (Wildman–Crippen LogP) is 0.0418. The number of hydrogen-bond acceptors (Lipinski definition) is 7. The molecule has 3 amide bonds. The maximum absolute atomic E-state index is 13.0. The molecule has 0 aliphatic heterocycles. The Labute approximate surface area is 228 Å². The molecule has 0 radical (unpaired) electrons. The summed E-state index contributed by atoms with van der Waals surface area (Å²) < 4.78 is 5.39. The third-order valence-electron chi connectivity index (χ3n) is 6.36. The molecule has 1 saturated carbocycles. The van der Waals surface area contributed by atoms with E-state index >= 15 is 0 Å². The number of carbonyl (C=O) groups is 4. The minimum absolute atomic E-state index is 0.0570. The summed E-state index contributed by atoms with van der Waals surface area (Å²) in [6.45, 7) is 0.187. The number of alkyl carbamates (subject to hydrolysis) is 1. The Kier molecular flexibility index (Phi) is 13.2. The SMILES string of the molecule is N=C(N)c1cccc(C[C@@H](NC(=O)OCC2CCCCC2)C(=O)NCC(=O)N[C@H](C=O)CCCN=C(N)N)c1.